The highest BCUT2D eigenvalue weighted by Gasteiger charge is 2.51. The monoisotopic (exact) mass is 280 g/mol. The van der Waals surface area contributed by atoms with Crippen molar-refractivity contribution in [1.29, 1.82) is 0 Å². The van der Waals surface area contributed by atoms with Gasteiger partial charge in [-0.05, 0) is 40.8 Å². The van der Waals surface area contributed by atoms with Crippen LogP contribution >= 0.6 is 11.3 Å². The Bertz CT molecular complexity index is 740. The minimum atomic E-state index is -0.402. The van der Waals surface area contributed by atoms with Crippen LogP contribution in [0.5, 0.6) is 0 Å². The maximum absolute atomic E-state index is 11.0. The fraction of sp³-hybridized carbons (Fsp3) is 0.222. The Balaban J connectivity index is 1.79. The molecule has 0 spiro atoms. The van der Waals surface area contributed by atoms with Gasteiger partial charge in [0.25, 0.3) is 0 Å². The number of hydrogen-bond acceptors (Lipinski definition) is 2. The second kappa shape index (κ2) is 4.44. The lowest BCUT2D eigenvalue weighted by Gasteiger charge is -2.22. The van der Waals surface area contributed by atoms with Gasteiger partial charge in [-0.2, -0.15) is 0 Å². The molecule has 1 aliphatic rings. The van der Waals surface area contributed by atoms with E-state index in [1.807, 2.05) is 12.1 Å². The summed E-state index contributed by atoms with van der Waals surface area (Å²) in [4.78, 5) is 0. The molecule has 4 rings (SSSR count). The summed E-state index contributed by atoms with van der Waals surface area (Å²) < 4.78 is 1.26. The Morgan fingerprint density at radius 1 is 0.950 bits per heavy atom. The summed E-state index contributed by atoms with van der Waals surface area (Å²) in [5.74, 6) is 0. The van der Waals surface area contributed by atoms with E-state index in [4.69, 9.17) is 0 Å². The minimum absolute atomic E-state index is 0.0644. The molecule has 0 bridgehead atoms. The number of rotatable bonds is 3. The number of benzene rings is 2. The molecule has 1 unspecified atom stereocenters. The third-order valence-corrected chi connectivity index (χ3v) is 5.45. The highest BCUT2D eigenvalue weighted by atomic mass is 32.1. The van der Waals surface area contributed by atoms with Gasteiger partial charge >= 0.3 is 0 Å². The molecule has 1 N–H and O–H groups in total. The molecule has 3 aromatic rings. The quantitative estimate of drug-likeness (QED) is 0.739. The molecule has 1 aromatic heterocycles. The van der Waals surface area contributed by atoms with Gasteiger partial charge in [0.2, 0.25) is 0 Å². The summed E-state index contributed by atoms with van der Waals surface area (Å²) >= 11 is 1.72. The van der Waals surface area contributed by atoms with Crippen LogP contribution in [0.15, 0.2) is 60.0 Å². The normalized spacial score (nSPS) is 18.1. The molecule has 1 heterocycles. The molecule has 100 valence electrons. The fourth-order valence-electron chi connectivity index (χ4n) is 3.13. The van der Waals surface area contributed by atoms with E-state index in [0.29, 0.717) is 0 Å². The van der Waals surface area contributed by atoms with E-state index in [1.165, 1.54) is 15.6 Å². The van der Waals surface area contributed by atoms with Gasteiger partial charge in [-0.25, -0.2) is 0 Å². The average Bonchev–Trinajstić information content (AvgIpc) is 3.21. The van der Waals surface area contributed by atoms with Gasteiger partial charge in [-0.3, -0.25) is 0 Å². The Hall–Kier alpha value is -1.64. The summed E-state index contributed by atoms with van der Waals surface area (Å²) in [7, 11) is 0. The van der Waals surface area contributed by atoms with Crippen LogP contribution in [0.25, 0.3) is 10.1 Å². The highest BCUT2D eigenvalue weighted by molar-refractivity contribution is 7.17. The van der Waals surface area contributed by atoms with E-state index >= 15 is 0 Å². The van der Waals surface area contributed by atoms with Crippen molar-refractivity contribution in [3.05, 3.63) is 71.1 Å². The number of fused-ring (bicyclic) bond motifs is 1. The second-order valence-electron chi connectivity index (χ2n) is 5.61. The average molecular weight is 280 g/mol. The molecular formula is C18H16OS. The Morgan fingerprint density at radius 2 is 1.65 bits per heavy atom. The van der Waals surface area contributed by atoms with Crippen LogP contribution in [0.2, 0.25) is 0 Å². The number of aliphatic hydroxyl groups excluding tert-OH is 1. The van der Waals surface area contributed by atoms with Gasteiger partial charge in [-0.1, -0.05) is 48.5 Å². The van der Waals surface area contributed by atoms with E-state index in [9.17, 15) is 5.11 Å². The summed E-state index contributed by atoms with van der Waals surface area (Å²) in [6.07, 6.45) is 1.74. The summed E-state index contributed by atoms with van der Waals surface area (Å²) in [5.41, 5.74) is 2.29. The van der Waals surface area contributed by atoms with Gasteiger partial charge in [0, 0.05) is 10.1 Å². The molecule has 20 heavy (non-hydrogen) atoms. The van der Waals surface area contributed by atoms with E-state index in [2.05, 4.69) is 47.8 Å². The largest absolute Gasteiger partial charge is 0.387 e. The molecular weight excluding hydrogens is 264 g/mol. The number of thiophene rings is 1. The molecule has 2 aromatic carbocycles. The standard InChI is InChI=1S/C18H16OS/c19-17(15-12-20-16-9-5-4-8-14(15)16)18(10-11-18)13-6-2-1-3-7-13/h1-9,12,17,19H,10-11H2. The van der Waals surface area contributed by atoms with Crippen molar-refractivity contribution in [1.82, 2.24) is 0 Å². The van der Waals surface area contributed by atoms with Gasteiger partial charge in [-0.15, -0.1) is 11.3 Å². The number of hydrogen-bond donors (Lipinski definition) is 1. The van der Waals surface area contributed by atoms with E-state index in [-0.39, 0.29) is 5.41 Å². The molecule has 1 nitrogen and oxygen atoms in total. The lowest BCUT2D eigenvalue weighted by atomic mass is 9.86. The summed E-state index contributed by atoms with van der Waals surface area (Å²) in [6, 6.07) is 18.8. The second-order valence-corrected chi connectivity index (χ2v) is 6.52. The van der Waals surface area contributed by atoms with Gasteiger partial charge < -0.3 is 5.11 Å². The van der Waals surface area contributed by atoms with E-state index < -0.39 is 6.10 Å². The zero-order valence-corrected chi connectivity index (χ0v) is 11.9. The summed E-state index contributed by atoms with van der Waals surface area (Å²) in [6.45, 7) is 0. The Morgan fingerprint density at radius 3 is 2.40 bits per heavy atom. The molecule has 0 amide bonds. The molecule has 0 radical (unpaired) electrons. The maximum Gasteiger partial charge on any atom is 0.0900 e. The molecule has 0 saturated heterocycles. The first-order valence-electron chi connectivity index (χ1n) is 7.01. The molecule has 1 atom stereocenters. The van der Waals surface area contributed by atoms with Crippen LogP contribution < -0.4 is 0 Å². The predicted octanol–water partition coefficient (Wildman–Crippen LogP) is 4.67. The van der Waals surface area contributed by atoms with Crippen molar-refractivity contribution in [3.8, 4) is 0 Å². The van der Waals surface area contributed by atoms with Crippen molar-refractivity contribution in [3.63, 3.8) is 0 Å². The third-order valence-electron chi connectivity index (χ3n) is 4.47. The minimum Gasteiger partial charge on any atom is -0.387 e. The Labute approximate surface area is 122 Å². The Kier molecular flexibility index (Phi) is 2.69. The molecule has 1 aliphatic carbocycles. The maximum atomic E-state index is 11.0. The highest BCUT2D eigenvalue weighted by Crippen LogP contribution is 2.57. The van der Waals surface area contributed by atoms with Crippen LogP contribution in [0.3, 0.4) is 0 Å². The lowest BCUT2D eigenvalue weighted by Crippen LogP contribution is -2.17. The summed E-state index contributed by atoms with van der Waals surface area (Å²) in [5, 5.41) is 14.3. The van der Waals surface area contributed by atoms with Crippen molar-refractivity contribution >= 4 is 21.4 Å². The van der Waals surface area contributed by atoms with Gasteiger partial charge in [0.15, 0.2) is 0 Å². The fourth-order valence-corrected chi connectivity index (χ4v) is 4.11. The first-order valence-corrected chi connectivity index (χ1v) is 7.89. The van der Waals surface area contributed by atoms with E-state index in [1.54, 1.807) is 11.3 Å². The zero-order valence-electron chi connectivity index (χ0n) is 11.1. The van der Waals surface area contributed by atoms with Crippen molar-refractivity contribution < 1.29 is 5.11 Å². The topological polar surface area (TPSA) is 20.2 Å². The first kappa shape index (κ1) is 12.1. The smallest absolute Gasteiger partial charge is 0.0900 e. The van der Waals surface area contributed by atoms with Crippen LogP contribution in [-0.2, 0) is 5.41 Å². The van der Waals surface area contributed by atoms with Gasteiger partial charge in [0.1, 0.15) is 0 Å². The molecule has 1 saturated carbocycles. The van der Waals surface area contributed by atoms with Crippen molar-refractivity contribution in [2.45, 2.75) is 24.4 Å². The lowest BCUT2D eigenvalue weighted by molar-refractivity contribution is 0.135. The van der Waals surface area contributed by atoms with Crippen LogP contribution in [0.4, 0.5) is 0 Å². The molecule has 0 aliphatic heterocycles. The first-order chi connectivity index (χ1) is 9.81. The molecule has 2 heteroatoms. The van der Waals surface area contributed by atoms with Crippen LogP contribution in [0.1, 0.15) is 30.1 Å². The number of aliphatic hydroxyl groups is 1. The van der Waals surface area contributed by atoms with Gasteiger partial charge in [0.05, 0.1) is 6.10 Å². The SMILES string of the molecule is OC(c1csc2ccccc12)C1(c2ccccc2)CC1. The van der Waals surface area contributed by atoms with Crippen molar-refractivity contribution in [2.75, 3.05) is 0 Å². The zero-order chi connectivity index (χ0) is 13.6. The molecule has 1 fully saturated rings. The predicted molar refractivity (Wildman–Crippen MR) is 84.1 cm³/mol. The van der Waals surface area contributed by atoms with Crippen LogP contribution in [-0.4, -0.2) is 5.11 Å². The van der Waals surface area contributed by atoms with Crippen LogP contribution in [0, 0.1) is 0 Å². The third kappa shape index (κ3) is 1.72. The van der Waals surface area contributed by atoms with E-state index in [0.717, 1.165) is 18.4 Å². The van der Waals surface area contributed by atoms with Crippen molar-refractivity contribution in [2.24, 2.45) is 0 Å².